The molecule has 2 aromatic carbocycles. The molecule has 0 bridgehead atoms. The predicted octanol–water partition coefficient (Wildman–Crippen LogP) is 5.23. The van der Waals surface area contributed by atoms with Crippen LogP contribution in [-0.2, 0) is 4.84 Å². The van der Waals surface area contributed by atoms with Gasteiger partial charge in [0.25, 0.3) is 0 Å². The van der Waals surface area contributed by atoms with Crippen LogP contribution in [0, 0.1) is 0 Å². The SMILES string of the molecule is C(=C1/CCCC/C1=N/OCCCN1CCN(c2ccccc2)CC1)/c1ccccc1. The number of rotatable bonds is 7. The molecular formula is C26H33N3O. The molecule has 30 heavy (non-hydrogen) atoms. The van der Waals surface area contributed by atoms with Gasteiger partial charge in [0.1, 0.15) is 6.61 Å². The molecule has 2 fully saturated rings. The smallest absolute Gasteiger partial charge is 0.118 e. The summed E-state index contributed by atoms with van der Waals surface area (Å²) >= 11 is 0. The van der Waals surface area contributed by atoms with E-state index < -0.39 is 0 Å². The van der Waals surface area contributed by atoms with Crippen molar-refractivity contribution in [2.75, 3.05) is 44.2 Å². The van der Waals surface area contributed by atoms with E-state index in [9.17, 15) is 0 Å². The second-order valence-corrected chi connectivity index (χ2v) is 8.18. The van der Waals surface area contributed by atoms with E-state index in [1.807, 2.05) is 0 Å². The third-order valence-electron chi connectivity index (χ3n) is 6.00. The molecule has 0 radical (unpaired) electrons. The van der Waals surface area contributed by atoms with Crippen molar-refractivity contribution < 1.29 is 4.84 Å². The first-order valence-electron chi connectivity index (χ1n) is 11.4. The van der Waals surface area contributed by atoms with E-state index in [0.717, 1.165) is 57.7 Å². The van der Waals surface area contributed by atoms with Crippen molar-refractivity contribution in [1.29, 1.82) is 0 Å². The Morgan fingerprint density at radius 3 is 2.30 bits per heavy atom. The topological polar surface area (TPSA) is 28.1 Å². The van der Waals surface area contributed by atoms with Crippen LogP contribution >= 0.6 is 0 Å². The van der Waals surface area contributed by atoms with E-state index >= 15 is 0 Å². The number of oxime groups is 1. The molecule has 1 saturated carbocycles. The molecule has 0 unspecified atom stereocenters. The van der Waals surface area contributed by atoms with Crippen molar-refractivity contribution in [3.8, 4) is 0 Å². The molecule has 1 aliphatic heterocycles. The van der Waals surface area contributed by atoms with Crippen molar-refractivity contribution in [2.24, 2.45) is 5.16 Å². The van der Waals surface area contributed by atoms with E-state index in [-0.39, 0.29) is 0 Å². The van der Waals surface area contributed by atoms with Gasteiger partial charge in [0.2, 0.25) is 0 Å². The maximum atomic E-state index is 5.73. The van der Waals surface area contributed by atoms with Crippen LogP contribution in [0.4, 0.5) is 5.69 Å². The molecule has 0 aromatic heterocycles. The Bertz CT molecular complexity index is 824. The van der Waals surface area contributed by atoms with E-state index in [4.69, 9.17) is 4.84 Å². The molecule has 2 aromatic rings. The second kappa shape index (κ2) is 11.0. The van der Waals surface area contributed by atoms with Crippen LogP contribution in [0.2, 0.25) is 0 Å². The van der Waals surface area contributed by atoms with E-state index in [2.05, 4.69) is 81.7 Å². The Kier molecular flexibility index (Phi) is 7.57. The molecule has 1 heterocycles. The Morgan fingerprint density at radius 1 is 0.833 bits per heavy atom. The average Bonchev–Trinajstić information content (AvgIpc) is 2.81. The molecule has 4 heteroatoms. The number of piperazine rings is 1. The summed E-state index contributed by atoms with van der Waals surface area (Å²) in [5, 5.41) is 4.52. The summed E-state index contributed by atoms with van der Waals surface area (Å²) in [6.07, 6.45) is 7.88. The van der Waals surface area contributed by atoms with Gasteiger partial charge in [0.15, 0.2) is 0 Å². The van der Waals surface area contributed by atoms with Crippen LogP contribution in [-0.4, -0.2) is 49.9 Å². The molecule has 4 rings (SSSR count). The normalized spacial score (nSPS) is 20.6. The molecule has 2 aliphatic rings. The van der Waals surface area contributed by atoms with Crippen LogP contribution in [0.1, 0.15) is 37.7 Å². The zero-order valence-corrected chi connectivity index (χ0v) is 17.9. The van der Waals surface area contributed by atoms with Crippen LogP contribution < -0.4 is 4.90 Å². The summed E-state index contributed by atoms with van der Waals surface area (Å²) in [6, 6.07) is 21.3. The number of para-hydroxylation sites is 1. The van der Waals surface area contributed by atoms with Gasteiger partial charge in [-0.25, -0.2) is 0 Å². The van der Waals surface area contributed by atoms with Gasteiger partial charge in [-0.3, -0.25) is 4.90 Å². The second-order valence-electron chi connectivity index (χ2n) is 8.18. The summed E-state index contributed by atoms with van der Waals surface area (Å²) in [6.45, 7) is 6.21. The van der Waals surface area contributed by atoms with Crippen LogP contribution in [0.15, 0.2) is 71.4 Å². The standard InChI is InChI=1S/C26H33N3O/c1-3-10-23(11-4-1)22-24-12-7-8-15-26(24)27-30-21-9-16-28-17-19-29(20-18-28)25-13-5-2-6-14-25/h1-6,10-11,13-14,22H,7-9,12,15-21H2/b24-22+,27-26-. The summed E-state index contributed by atoms with van der Waals surface area (Å²) in [5.41, 5.74) is 5.06. The predicted molar refractivity (Wildman–Crippen MR) is 126 cm³/mol. The highest BCUT2D eigenvalue weighted by Crippen LogP contribution is 2.23. The van der Waals surface area contributed by atoms with Gasteiger partial charge in [0.05, 0.1) is 5.71 Å². The van der Waals surface area contributed by atoms with Crippen molar-refractivity contribution in [3.05, 3.63) is 71.8 Å². The number of benzene rings is 2. The van der Waals surface area contributed by atoms with E-state index in [0.29, 0.717) is 6.61 Å². The quantitative estimate of drug-likeness (QED) is 0.468. The van der Waals surface area contributed by atoms with E-state index in [1.165, 1.54) is 29.7 Å². The minimum absolute atomic E-state index is 0.695. The number of nitrogens with zero attached hydrogens (tertiary/aromatic N) is 3. The van der Waals surface area contributed by atoms with Crippen molar-refractivity contribution in [2.45, 2.75) is 32.1 Å². The minimum atomic E-state index is 0.695. The summed E-state index contributed by atoms with van der Waals surface area (Å²) < 4.78 is 0. The number of hydrogen-bond donors (Lipinski definition) is 0. The third-order valence-corrected chi connectivity index (χ3v) is 6.00. The number of anilines is 1. The van der Waals surface area contributed by atoms with Gasteiger partial charge in [-0.15, -0.1) is 0 Å². The minimum Gasteiger partial charge on any atom is -0.396 e. The van der Waals surface area contributed by atoms with Gasteiger partial charge in [-0.05, 0) is 61.4 Å². The highest BCUT2D eigenvalue weighted by molar-refractivity contribution is 6.03. The lowest BCUT2D eigenvalue weighted by atomic mass is 9.91. The molecular weight excluding hydrogens is 370 g/mol. The highest BCUT2D eigenvalue weighted by atomic mass is 16.6. The lowest BCUT2D eigenvalue weighted by Crippen LogP contribution is -2.46. The van der Waals surface area contributed by atoms with Gasteiger partial charge < -0.3 is 9.74 Å². The first-order chi connectivity index (χ1) is 14.9. The molecule has 4 nitrogen and oxygen atoms in total. The Balaban J connectivity index is 1.19. The Hall–Kier alpha value is -2.59. The van der Waals surface area contributed by atoms with Crippen LogP contribution in [0.5, 0.6) is 0 Å². The fourth-order valence-electron chi connectivity index (χ4n) is 4.27. The van der Waals surface area contributed by atoms with Crippen molar-refractivity contribution >= 4 is 17.5 Å². The fourth-order valence-corrected chi connectivity index (χ4v) is 4.27. The maximum absolute atomic E-state index is 5.73. The highest BCUT2D eigenvalue weighted by Gasteiger charge is 2.17. The zero-order chi connectivity index (χ0) is 20.4. The lowest BCUT2D eigenvalue weighted by molar-refractivity contribution is 0.126. The number of allylic oxidation sites excluding steroid dienone is 1. The summed E-state index contributed by atoms with van der Waals surface area (Å²) in [7, 11) is 0. The molecule has 0 amide bonds. The zero-order valence-electron chi connectivity index (χ0n) is 17.9. The van der Waals surface area contributed by atoms with Crippen LogP contribution in [0.3, 0.4) is 0 Å². The first-order valence-corrected chi connectivity index (χ1v) is 11.4. The average molecular weight is 404 g/mol. The monoisotopic (exact) mass is 403 g/mol. The lowest BCUT2D eigenvalue weighted by Gasteiger charge is -2.36. The number of hydrogen-bond acceptors (Lipinski definition) is 4. The van der Waals surface area contributed by atoms with Crippen molar-refractivity contribution in [1.82, 2.24) is 4.90 Å². The fraction of sp³-hybridized carbons (Fsp3) is 0.423. The van der Waals surface area contributed by atoms with Crippen molar-refractivity contribution in [3.63, 3.8) is 0 Å². The third kappa shape index (κ3) is 5.96. The molecule has 0 spiro atoms. The molecule has 1 aliphatic carbocycles. The summed E-state index contributed by atoms with van der Waals surface area (Å²) in [5.74, 6) is 0. The largest absolute Gasteiger partial charge is 0.396 e. The first kappa shape index (κ1) is 20.7. The summed E-state index contributed by atoms with van der Waals surface area (Å²) in [4.78, 5) is 10.7. The van der Waals surface area contributed by atoms with Gasteiger partial charge >= 0.3 is 0 Å². The molecule has 158 valence electrons. The van der Waals surface area contributed by atoms with Gasteiger partial charge in [-0.2, -0.15) is 0 Å². The maximum Gasteiger partial charge on any atom is 0.118 e. The van der Waals surface area contributed by atoms with Gasteiger partial charge in [-0.1, -0.05) is 53.7 Å². The van der Waals surface area contributed by atoms with Gasteiger partial charge in [0, 0.05) is 38.4 Å². The van der Waals surface area contributed by atoms with Crippen LogP contribution in [0.25, 0.3) is 6.08 Å². The van der Waals surface area contributed by atoms with E-state index in [1.54, 1.807) is 0 Å². The molecule has 1 saturated heterocycles. The Morgan fingerprint density at radius 2 is 1.53 bits per heavy atom. The molecule has 0 atom stereocenters. The Labute approximate surface area is 180 Å². The molecule has 0 N–H and O–H groups in total.